The summed E-state index contributed by atoms with van der Waals surface area (Å²) < 4.78 is 16.5. The molecule has 0 aliphatic carbocycles. The summed E-state index contributed by atoms with van der Waals surface area (Å²) in [7, 11) is 0. The minimum absolute atomic E-state index is 0.238. The van der Waals surface area contributed by atoms with Crippen LogP contribution in [0.1, 0.15) is 13.3 Å². The van der Waals surface area contributed by atoms with E-state index in [0.29, 0.717) is 0 Å². The minimum Gasteiger partial charge on any atom is -0.493 e. The predicted molar refractivity (Wildman–Crippen MR) is 68.7 cm³/mol. The van der Waals surface area contributed by atoms with Gasteiger partial charge in [0.1, 0.15) is 5.75 Å². The number of ether oxygens (including phenoxy) is 2. The first-order valence-corrected chi connectivity index (χ1v) is 6.64. The fourth-order valence-corrected chi connectivity index (χ4v) is 2.58. The van der Waals surface area contributed by atoms with Gasteiger partial charge in [-0.05, 0) is 36.2 Å². The topological polar surface area (TPSA) is 31.4 Å². The highest BCUT2D eigenvalue weighted by Gasteiger charge is 2.37. The van der Waals surface area contributed by atoms with Crippen molar-refractivity contribution in [3.63, 3.8) is 0 Å². The molecule has 1 aliphatic heterocycles. The number of nitrogens with zero attached hydrogens (tertiary/aromatic N) is 1. The van der Waals surface area contributed by atoms with E-state index in [4.69, 9.17) is 9.47 Å². The molecule has 0 radical (unpaired) electrons. The predicted octanol–water partition coefficient (Wildman–Crippen LogP) is 3.10. The largest absolute Gasteiger partial charge is 0.493 e. The zero-order valence-corrected chi connectivity index (χ0v) is 10.6. The Morgan fingerprint density at radius 3 is 3.06 bits per heavy atom. The lowest BCUT2D eigenvalue weighted by Gasteiger charge is -2.40. The molecule has 0 atom stereocenters. The van der Waals surface area contributed by atoms with Crippen LogP contribution in [-0.4, -0.2) is 24.2 Å². The highest BCUT2D eigenvalue weighted by Crippen LogP contribution is 2.32. The monoisotopic (exact) mass is 249 g/mol. The molecular weight excluding hydrogens is 234 g/mol. The zero-order chi connectivity index (χ0) is 11.7. The first-order chi connectivity index (χ1) is 8.31. The fourth-order valence-electron chi connectivity index (χ4n) is 1.96. The normalized spacial score (nSPS) is 17.9. The zero-order valence-electron chi connectivity index (χ0n) is 9.81. The Labute approximate surface area is 105 Å². The first kappa shape index (κ1) is 11.0. The Bertz CT molecular complexity index is 513. The Kier molecular flexibility index (Phi) is 2.76. The van der Waals surface area contributed by atoms with Crippen molar-refractivity contribution in [3.8, 4) is 5.75 Å². The maximum absolute atomic E-state index is 5.88. The van der Waals surface area contributed by atoms with Crippen LogP contribution in [-0.2, 0) is 4.74 Å². The molecule has 0 bridgehead atoms. The van der Waals surface area contributed by atoms with Crippen LogP contribution in [0.15, 0.2) is 24.4 Å². The molecule has 17 heavy (non-hydrogen) atoms. The molecule has 90 valence electrons. The third kappa shape index (κ3) is 2.03. The second-order valence-electron chi connectivity index (χ2n) is 4.66. The lowest BCUT2D eigenvalue weighted by Crippen LogP contribution is -2.46. The van der Waals surface area contributed by atoms with E-state index < -0.39 is 0 Å². The van der Waals surface area contributed by atoms with Crippen LogP contribution in [0.25, 0.3) is 10.1 Å². The molecule has 1 fully saturated rings. The van der Waals surface area contributed by atoms with Crippen LogP contribution < -0.4 is 4.74 Å². The van der Waals surface area contributed by atoms with Gasteiger partial charge in [-0.15, -0.1) is 0 Å². The van der Waals surface area contributed by atoms with Gasteiger partial charge in [-0.1, -0.05) is 6.92 Å². The summed E-state index contributed by atoms with van der Waals surface area (Å²) in [5.74, 6) is 0.928. The standard InChI is InChI=1S/C13H15NO2S/c1-2-13(7-15-8-13)9-16-11-3-4-12-10(5-11)6-14-17-12/h3-6H,2,7-9H2,1H3. The van der Waals surface area contributed by atoms with E-state index in [1.807, 2.05) is 12.3 Å². The molecule has 1 aromatic heterocycles. The molecule has 4 heteroatoms. The van der Waals surface area contributed by atoms with Crippen LogP contribution in [0.4, 0.5) is 0 Å². The van der Waals surface area contributed by atoms with Gasteiger partial charge < -0.3 is 9.47 Å². The van der Waals surface area contributed by atoms with Crippen molar-refractivity contribution in [3.05, 3.63) is 24.4 Å². The number of hydrogen-bond donors (Lipinski definition) is 0. The maximum atomic E-state index is 5.88. The van der Waals surface area contributed by atoms with E-state index in [1.165, 1.54) is 16.2 Å². The molecule has 0 saturated carbocycles. The van der Waals surface area contributed by atoms with Gasteiger partial charge in [0.2, 0.25) is 0 Å². The van der Waals surface area contributed by atoms with Gasteiger partial charge >= 0.3 is 0 Å². The van der Waals surface area contributed by atoms with Gasteiger partial charge in [0, 0.05) is 11.6 Å². The number of aromatic nitrogens is 1. The Hall–Kier alpha value is -1.13. The average molecular weight is 249 g/mol. The Morgan fingerprint density at radius 2 is 2.35 bits per heavy atom. The molecule has 0 spiro atoms. The van der Waals surface area contributed by atoms with E-state index in [9.17, 15) is 0 Å². The van der Waals surface area contributed by atoms with Gasteiger partial charge in [-0.3, -0.25) is 0 Å². The summed E-state index contributed by atoms with van der Waals surface area (Å²) in [6.07, 6.45) is 2.99. The number of hydrogen-bond acceptors (Lipinski definition) is 4. The number of rotatable bonds is 4. The second-order valence-corrected chi connectivity index (χ2v) is 5.49. The van der Waals surface area contributed by atoms with Crippen LogP contribution in [0.2, 0.25) is 0 Å². The SMILES string of the molecule is CCC1(COc2ccc3sncc3c2)COC1. The number of benzene rings is 1. The molecule has 0 N–H and O–H groups in total. The van der Waals surface area contributed by atoms with E-state index >= 15 is 0 Å². The van der Waals surface area contributed by atoms with Crippen LogP contribution in [0.5, 0.6) is 5.75 Å². The molecule has 3 nitrogen and oxygen atoms in total. The molecule has 0 unspecified atom stereocenters. The van der Waals surface area contributed by atoms with Crippen LogP contribution >= 0.6 is 11.5 Å². The van der Waals surface area contributed by atoms with Crippen LogP contribution in [0.3, 0.4) is 0 Å². The fraction of sp³-hybridized carbons (Fsp3) is 0.462. The van der Waals surface area contributed by atoms with Gasteiger partial charge in [0.05, 0.1) is 29.9 Å². The molecule has 2 aromatic rings. The summed E-state index contributed by atoms with van der Waals surface area (Å²) >= 11 is 1.51. The van der Waals surface area contributed by atoms with E-state index in [0.717, 1.165) is 37.4 Å². The third-order valence-electron chi connectivity index (χ3n) is 3.44. The van der Waals surface area contributed by atoms with E-state index in [1.54, 1.807) is 0 Å². The van der Waals surface area contributed by atoms with Crippen LogP contribution in [0, 0.1) is 5.41 Å². The molecule has 1 aliphatic rings. The van der Waals surface area contributed by atoms with Crippen molar-refractivity contribution in [2.75, 3.05) is 19.8 Å². The molecule has 1 aromatic carbocycles. The lowest BCUT2D eigenvalue weighted by molar-refractivity contribution is -0.133. The molecular formula is C13H15NO2S. The Balaban J connectivity index is 1.71. The first-order valence-electron chi connectivity index (χ1n) is 5.86. The highest BCUT2D eigenvalue weighted by atomic mass is 32.1. The smallest absolute Gasteiger partial charge is 0.120 e. The molecule has 2 heterocycles. The highest BCUT2D eigenvalue weighted by molar-refractivity contribution is 7.13. The Morgan fingerprint density at radius 1 is 1.47 bits per heavy atom. The van der Waals surface area contributed by atoms with Gasteiger partial charge in [0.15, 0.2) is 0 Å². The quantitative estimate of drug-likeness (QED) is 0.834. The molecule has 0 amide bonds. The van der Waals surface area contributed by atoms with Gasteiger partial charge in [-0.25, -0.2) is 0 Å². The summed E-state index contributed by atoms with van der Waals surface area (Å²) in [6.45, 7) is 4.59. The van der Waals surface area contributed by atoms with Gasteiger partial charge in [-0.2, -0.15) is 4.37 Å². The minimum atomic E-state index is 0.238. The lowest BCUT2D eigenvalue weighted by atomic mass is 9.84. The van der Waals surface area contributed by atoms with E-state index in [2.05, 4.69) is 23.4 Å². The van der Waals surface area contributed by atoms with Crippen molar-refractivity contribution in [1.29, 1.82) is 0 Å². The van der Waals surface area contributed by atoms with Crippen molar-refractivity contribution < 1.29 is 9.47 Å². The van der Waals surface area contributed by atoms with Gasteiger partial charge in [0.25, 0.3) is 0 Å². The van der Waals surface area contributed by atoms with Crippen molar-refractivity contribution >= 4 is 21.6 Å². The summed E-state index contributed by atoms with van der Waals surface area (Å²) in [5, 5.41) is 1.16. The van der Waals surface area contributed by atoms with E-state index in [-0.39, 0.29) is 5.41 Å². The summed E-state index contributed by atoms with van der Waals surface area (Å²) in [5.41, 5.74) is 0.238. The van der Waals surface area contributed by atoms with Crippen molar-refractivity contribution in [1.82, 2.24) is 4.37 Å². The molecule has 3 rings (SSSR count). The maximum Gasteiger partial charge on any atom is 0.120 e. The average Bonchev–Trinajstić information content (AvgIpc) is 2.75. The second kappa shape index (κ2) is 4.27. The van der Waals surface area contributed by atoms with Crippen molar-refractivity contribution in [2.24, 2.45) is 5.41 Å². The number of fused-ring (bicyclic) bond motifs is 1. The summed E-state index contributed by atoms with van der Waals surface area (Å²) in [6, 6.07) is 6.14. The third-order valence-corrected chi connectivity index (χ3v) is 4.21. The molecule has 1 saturated heterocycles. The summed E-state index contributed by atoms with van der Waals surface area (Å²) in [4.78, 5) is 0. The van der Waals surface area contributed by atoms with Crippen molar-refractivity contribution in [2.45, 2.75) is 13.3 Å².